The molecule has 0 bridgehead atoms. The molecule has 0 radical (unpaired) electrons. The third-order valence-corrected chi connectivity index (χ3v) is 2.71. The van der Waals surface area contributed by atoms with Gasteiger partial charge >= 0.3 is 0 Å². The summed E-state index contributed by atoms with van der Waals surface area (Å²) in [6.45, 7) is 6.16. The van der Waals surface area contributed by atoms with Gasteiger partial charge in [-0.2, -0.15) is 0 Å². The Morgan fingerprint density at radius 2 is 2.00 bits per heavy atom. The number of non-ortho nitro benzene ring substituents is 1. The van der Waals surface area contributed by atoms with Crippen LogP contribution < -0.4 is 16.6 Å². The van der Waals surface area contributed by atoms with Crippen molar-refractivity contribution in [1.29, 1.82) is 0 Å². The SMILES string of the molecule is CC(C)CCOCCNc1cc(NN)cc([N+](=O)[O-])c1. The van der Waals surface area contributed by atoms with Gasteiger partial charge in [0.05, 0.1) is 17.2 Å². The summed E-state index contributed by atoms with van der Waals surface area (Å²) in [5.74, 6) is 5.91. The molecule has 7 heteroatoms. The number of nitrogens with one attached hydrogen (secondary N) is 2. The topological polar surface area (TPSA) is 102 Å². The summed E-state index contributed by atoms with van der Waals surface area (Å²) in [7, 11) is 0. The number of hydrogen-bond acceptors (Lipinski definition) is 6. The largest absolute Gasteiger partial charge is 0.382 e. The Labute approximate surface area is 118 Å². The van der Waals surface area contributed by atoms with Crippen LogP contribution in [0.2, 0.25) is 0 Å². The Hall–Kier alpha value is -1.86. The Morgan fingerprint density at radius 3 is 2.60 bits per heavy atom. The molecule has 0 unspecified atom stereocenters. The first-order valence-corrected chi connectivity index (χ1v) is 6.60. The monoisotopic (exact) mass is 282 g/mol. The molecule has 0 fully saturated rings. The Morgan fingerprint density at radius 1 is 1.30 bits per heavy atom. The molecule has 0 heterocycles. The van der Waals surface area contributed by atoms with Crippen LogP contribution in [0.3, 0.4) is 0 Å². The molecule has 7 nitrogen and oxygen atoms in total. The number of rotatable bonds is 9. The summed E-state index contributed by atoms with van der Waals surface area (Å²) in [6, 6.07) is 4.56. The van der Waals surface area contributed by atoms with E-state index < -0.39 is 4.92 Å². The summed E-state index contributed by atoms with van der Waals surface area (Å²) < 4.78 is 5.46. The van der Waals surface area contributed by atoms with Gasteiger partial charge in [-0.1, -0.05) is 13.8 Å². The van der Waals surface area contributed by atoms with Crippen molar-refractivity contribution in [2.75, 3.05) is 30.5 Å². The first-order valence-electron chi connectivity index (χ1n) is 6.60. The van der Waals surface area contributed by atoms with Crippen LogP contribution in [0.5, 0.6) is 0 Å². The second-order valence-electron chi connectivity index (χ2n) is 4.89. The first-order chi connectivity index (χ1) is 9.52. The van der Waals surface area contributed by atoms with Crippen molar-refractivity contribution in [3.05, 3.63) is 28.3 Å². The zero-order valence-electron chi connectivity index (χ0n) is 11.9. The molecule has 0 aliphatic heterocycles. The fourth-order valence-electron chi connectivity index (χ4n) is 1.59. The van der Waals surface area contributed by atoms with E-state index in [-0.39, 0.29) is 5.69 Å². The van der Waals surface area contributed by atoms with Crippen molar-refractivity contribution in [3.8, 4) is 0 Å². The van der Waals surface area contributed by atoms with Crippen LogP contribution in [0.1, 0.15) is 20.3 Å². The normalized spacial score (nSPS) is 10.6. The number of hydrogen-bond donors (Lipinski definition) is 3. The number of nitrogens with two attached hydrogens (primary N) is 1. The highest BCUT2D eigenvalue weighted by Gasteiger charge is 2.09. The van der Waals surface area contributed by atoms with E-state index in [1.165, 1.54) is 12.1 Å². The summed E-state index contributed by atoms with van der Waals surface area (Å²) in [6.07, 6.45) is 1.03. The maximum atomic E-state index is 10.8. The van der Waals surface area contributed by atoms with Crippen LogP contribution in [-0.2, 0) is 4.74 Å². The molecule has 112 valence electrons. The molecule has 0 aliphatic rings. The average molecular weight is 282 g/mol. The van der Waals surface area contributed by atoms with E-state index in [0.717, 1.165) is 13.0 Å². The van der Waals surface area contributed by atoms with Gasteiger partial charge in [-0.05, 0) is 18.4 Å². The lowest BCUT2D eigenvalue weighted by Gasteiger charge is -2.10. The van der Waals surface area contributed by atoms with E-state index in [1.54, 1.807) is 6.07 Å². The average Bonchev–Trinajstić information content (AvgIpc) is 2.41. The molecule has 0 saturated heterocycles. The lowest BCUT2D eigenvalue weighted by molar-refractivity contribution is -0.384. The Kier molecular flexibility index (Phi) is 6.75. The minimum absolute atomic E-state index is 0.0105. The second kappa shape index (κ2) is 8.34. The number of anilines is 2. The molecule has 0 amide bonds. The van der Waals surface area contributed by atoms with E-state index >= 15 is 0 Å². The van der Waals surface area contributed by atoms with Crippen molar-refractivity contribution in [2.24, 2.45) is 11.8 Å². The lowest BCUT2D eigenvalue weighted by atomic mass is 10.1. The van der Waals surface area contributed by atoms with Crippen LogP contribution in [0, 0.1) is 16.0 Å². The molecule has 0 aliphatic carbocycles. The van der Waals surface area contributed by atoms with Gasteiger partial charge in [0.1, 0.15) is 0 Å². The summed E-state index contributed by atoms with van der Waals surface area (Å²) in [5, 5.41) is 13.9. The maximum Gasteiger partial charge on any atom is 0.273 e. The molecule has 1 aromatic carbocycles. The van der Waals surface area contributed by atoms with Gasteiger partial charge in [-0.3, -0.25) is 16.0 Å². The molecule has 0 atom stereocenters. The van der Waals surface area contributed by atoms with Crippen molar-refractivity contribution in [3.63, 3.8) is 0 Å². The fraction of sp³-hybridized carbons (Fsp3) is 0.538. The van der Waals surface area contributed by atoms with Gasteiger partial charge in [0.2, 0.25) is 0 Å². The quantitative estimate of drug-likeness (QED) is 0.278. The van der Waals surface area contributed by atoms with Gasteiger partial charge in [0.15, 0.2) is 0 Å². The van der Waals surface area contributed by atoms with Crippen LogP contribution >= 0.6 is 0 Å². The van der Waals surface area contributed by atoms with Crippen LogP contribution in [-0.4, -0.2) is 24.7 Å². The molecule has 0 spiro atoms. The van der Waals surface area contributed by atoms with E-state index in [4.69, 9.17) is 10.6 Å². The van der Waals surface area contributed by atoms with Crippen molar-refractivity contribution in [2.45, 2.75) is 20.3 Å². The highest BCUT2D eigenvalue weighted by atomic mass is 16.6. The highest BCUT2D eigenvalue weighted by Crippen LogP contribution is 2.23. The predicted octanol–water partition coefficient (Wildman–Crippen LogP) is 2.36. The number of benzene rings is 1. The van der Waals surface area contributed by atoms with Gasteiger partial charge in [0, 0.05) is 31.0 Å². The predicted molar refractivity (Wildman–Crippen MR) is 79.7 cm³/mol. The lowest BCUT2D eigenvalue weighted by Crippen LogP contribution is -2.12. The Bertz CT molecular complexity index is 438. The molecule has 0 saturated carbocycles. The van der Waals surface area contributed by atoms with E-state index in [0.29, 0.717) is 30.4 Å². The van der Waals surface area contributed by atoms with Gasteiger partial charge < -0.3 is 15.5 Å². The van der Waals surface area contributed by atoms with Crippen LogP contribution in [0.4, 0.5) is 17.1 Å². The minimum atomic E-state index is -0.453. The summed E-state index contributed by atoms with van der Waals surface area (Å²) in [4.78, 5) is 10.3. The number of ether oxygens (including phenoxy) is 1. The van der Waals surface area contributed by atoms with Crippen LogP contribution in [0.25, 0.3) is 0 Å². The maximum absolute atomic E-state index is 10.8. The minimum Gasteiger partial charge on any atom is -0.382 e. The zero-order valence-corrected chi connectivity index (χ0v) is 11.9. The second-order valence-corrected chi connectivity index (χ2v) is 4.89. The first kappa shape index (κ1) is 16.2. The molecule has 20 heavy (non-hydrogen) atoms. The van der Waals surface area contributed by atoms with Gasteiger partial charge in [-0.15, -0.1) is 0 Å². The zero-order chi connectivity index (χ0) is 15.0. The number of nitro groups is 1. The molecular weight excluding hydrogens is 260 g/mol. The van der Waals surface area contributed by atoms with Crippen molar-refractivity contribution in [1.82, 2.24) is 0 Å². The molecular formula is C13H22N4O3. The molecule has 1 aromatic rings. The van der Waals surface area contributed by atoms with E-state index in [1.807, 2.05) is 0 Å². The summed E-state index contributed by atoms with van der Waals surface area (Å²) in [5.41, 5.74) is 3.53. The number of hydrazine groups is 1. The van der Waals surface area contributed by atoms with Gasteiger partial charge in [-0.25, -0.2) is 0 Å². The third kappa shape index (κ3) is 5.85. The molecule has 1 rings (SSSR count). The van der Waals surface area contributed by atoms with Crippen molar-refractivity contribution >= 4 is 17.1 Å². The number of nitro benzene ring substituents is 1. The molecule has 4 N–H and O–H groups in total. The number of nitrogens with zero attached hydrogens (tertiary/aromatic N) is 1. The highest BCUT2D eigenvalue weighted by molar-refractivity contribution is 5.63. The van der Waals surface area contributed by atoms with Crippen LogP contribution in [0.15, 0.2) is 18.2 Å². The van der Waals surface area contributed by atoms with E-state index in [9.17, 15) is 10.1 Å². The van der Waals surface area contributed by atoms with Gasteiger partial charge in [0.25, 0.3) is 5.69 Å². The molecule has 0 aromatic heterocycles. The van der Waals surface area contributed by atoms with E-state index in [2.05, 4.69) is 24.6 Å². The smallest absolute Gasteiger partial charge is 0.273 e. The summed E-state index contributed by atoms with van der Waals surface area (Å²) >= 11 is 0. The number of nitrogen functional groups attached to an aromatic ring is 1. The standard InChI is InChI=1S/C13H22N4O3/c1-10(2)3-5-20-6-4-15-11-7-12(16-14)9-13(8-11)17(18)19/h7-10,15-16H,3-6,14H2,1-2H3. The fourth-order valence-corrected chi connectivity index (χ4v) is 1.59. The third-order valence-electron chi connectivity index (χ3n) is 2.71. The Balaban J connectivity index is 2.43. The van der Waals surface area contributed by atoms with Crippen molar-refractivity contribution < 1.29 is 9.66 Å².